The van der Waals surface area contributed by atoms with Crippen molar-refractivity contribution in [1.29, 1.82) is 0 Å². The van der Waals surface area contributed by atoms with Crippen LogP contribution in [0, 0.1) is 5.82 Å². The normalized spacial score (nSPS) is 12.0. The Morgan fingerprint density at radius 1 is 1.15 bits per heavy atom. The summed E-state index contributed by atoms with van der Waals surface area (Å²) in [5.41, 5.74) is 1.62. The highest BCUT2D eigenvalue weighted by molar-refractivity contribution is 5.45. The smallest absolute Gasteiger partial charge is 0.141 e. The number of rotatable bonds is 5. The molecule has 0 radical (unpaired) electrons. The minimum Gasteiger partial charge on any atom is -0.497 e. The van der Waals surface area contributed by atoms with Crippen LogP contribution in [0.15, 0.2) is 36.7 Å². The molecule has 1 heterocycles. The molecule has 0 aliphatic carbocycles. The van der Waals surface area contributed by atoms with Gasteiger partial charge in [-0.25, -0.2) is 4.39 Å². The minimum absolute atomic E-state index is 0.209. The average Bonchev–Trinajstić information content (AvgIpc) is 2.48. The van der Waals surface area contributed by atoms with E-state index in [1.54, 1.807) is 33.5 Å². The second-order valence-electron chi connectivity index (χ2n) is 4.27. The van der Waals surface area contributed by atoms with Crippen LogP contribution in [0.25, 0.3) is 0 Å². The molecule has 0 aliphatic heterocycles. The van der Waals surface area contributed by atoms with Crippen LogP contribution < -0.4 is 14.8 Å². The Hall–Kier alpha value is -2.14. The third-order valence-corrected chi connectivity index (χ3v) is 3.10. The van der Waals surface area contributed by atoms with Crippen LogP contribution in [0.2, 0.25) is 0 Å². The lowest BCUT2D eigenvalue weighted by molar-refractivity contribution is 0.388. The zero-order chi connectivity index (χ0) is 14.5. The quantitative estimate of drug-likeness (QED) is 0.911. The predicted octanol–water partition coefficient (Wildman–Crippen LogP) is 2.55. The topological polar surface area (TPSA) is 43.4 Å². The first-order valence-electron chi connectivity index (χ1n) is 6.19. The molecule has 0 saturated heterocycles. The summed E-state index contributed by atoms with van der Waals surface area (Å²) in [7, 11) is 4.99. The van der Waals surface area contributed by atoms with Crippen molar-refractivity contribution in [2.75, 3.05) is 21.3 Å². The molecule has 1 unspecified atom stereocenters. The van der Waals surface area contributed by atoms with Crippen molar-refractivity contribution in [2.45, 2.75) is 6.04 Å². The number of benzene rings is 1. The van der Waals surface area contributed by atoms with Gasteiger partial charge in [0.1, 0.15) is 17.3 Å². The van der Waals surface area contributed by atoms with E-state index in [1.807, 2.05) is 12.1 Å². The number of hydrogen-bond donors (Lipinski definition) is 1. The van der Waals surface area contributed by atoms with Crippen LogP contribution in [0.4, 0.5) is 4.39 Å². The number of aromatic nitrogens is 1. The summed E-state index contributed by atoms with van der Waals surface area (Å²) in [6.45, 7) is 0. The Morgan fingerprint density at radius 2 is 1.95 bits per heavy atom. The molecule has 0 saturated carbocycles. The van der Waals surface area contributed by atoms with Crippen molar-refractivity contribution in [2.24, 2.45) is 0 Å². The number of halogens is 1. The molecule has 5 heteroatoms. The Morgan fingerprint density at radius 3 is 2.55 bits per heavy atom. The molecule has 0 bridgehead atoms. The van der Waals surface area contributed by atoms with Gasteiger partial charge in [0.2, 0.25) is 0 Å². The highest BCUT2D eigenvalue weighted by atomic mass is 19.1. The van der Waals surface area contributed by atoms with Crippen LogP contribution in [0.3, 0.4) is 0 Å². The summed E-state index contributed by atoms with van der Waals surface area (Å²) in [5.74, 6) is 1.01. The molecule has 0 aliphatic rings. The van der Waals surface area contributed by atoms with Gasteiger partial charge < -0.3 is 14.8 Å². The second kappa shape index (κ2) is 6.34. The highest BCUT2D eigenvalue weighted by Crippen LogP contribution is 2.32. The molecule has 0 spiro atoms. The van der Waals surface area contributed by atoms with Gasteiger partial charge in [-0.1, -0.05) is 0 Å². The molecule has 106 valence electrons. The monoisotopic (exact) mass is 276 g/mol. The summed E-state index contributed by atoms with van der Waals surface area (Å²) in [6.07, 6.45) is 2.81. The fraction of sp³-hybridized carbons (Fsp3) is 0.267. The maximum absolute atomic E-state index is 13.3. The summed E-state index contributed by atoms with van der Waals surface area (Å²) in [5, 5.41) is 3.15. The molecular weight excluding hydrogens is 259 g/mol. The van der Waals surface area contributed by atoms with Crippen LogP contribution in [-0.2, 0) is 0 Å². The molecule has 1 aromatic carbocycles. The second-order valence-corrected chi connectivity index (χ2v) is 4.27. The van der Waals surface area contributed by atoms with E-state index in [1.165, 1.54) is 12.3 Å². The van der Waals surface area contributed by atoms with E-state index in [0.29, 0.717) is 11.5 Å². The predicted molar refractivity (Wildman–Crippen MR) is 74.6 cm³/mol. The van der Waals surface area contributed by atoms with Gasteiger partial charge in [0.25, 0.3) is 0 Å². The van der Waals surface area contributed by atoms with Gasteiger partial charge in [0.15, 0.2) is 0 Å². The first kappa shape index (κ1) is 14.3. The summed E-state index contributed by atoms with van der Waals surface area (Å²) in [4.78, 5) is 3.89. The van der Waals surface area contributed by atoms with E-state index in [-0.39, 0.29) is 11.9 Å². The fourth-order valence-corrected chi connectivity index (χ4v) is 2.14. The Labute approximate surface area is 117 Å². The third kappa shape index (κ3) is 2.88. The molecule has 20 heavy (non-hydrogen) atoms. The van der Waals surface area contributed by atoms with E-state index in [9.17, 15) is 4.39 Å². The molecular formula is C15H17FN2O2. The van der Waals surface area contributed by atoms with Crippen molar-refractivity contribution in [3.05, 3.63) is 53.6 Å². The SMILES string of the molecule is CNC(c1cncc(F)c1)c1ccc(OC)cc1OC. The molecule has 1 N–H and O–H groups in total. The lowest BCUT2D eigenvalue weighted by atomic mass is 9.99. The van der Waals surface area contributed by atoms with Crippen molar-refractivity contribution in [3.8, 4) is 11.5 Å². The van der Waals surface area contributed by atoms with E-state index in [0.717, 1.165) is 11.1 Å². The lowest BCUT2D eigenvalue weighted by Crippen LogP contribution is -2.18. The van der Waals surface area contributed by atoms with E-state index in [2.05, 4.69) is 10.3 Å². The van der Waals surface area contributed by atoms with Crippen LogP contribution in [-0.4, -0.2) is 26.3 Å². The van der Waals surface area contributed by atoms with Crippen LogP contribution in [0.5, 0.6) is 11.5 Å². The Balaban J connectivity index is 2.46. The third-order valence-electron chi connectivity index (χ3n) is 3.10. The van der Waals surface area contributed by atoms with Crippen LogP contribution >= 0.6 is 0 Å². The van der Waals surface area contributed by atoms with Gasteiger partial charge in [0, 0.05) is 17.8 Å². The summed E-state index contributed by atoms with van der Waals surface area (Å²) < 4.78 is 23.9. The molecule has 0 fully saturated rings. The molecule has 1 atom stereocenters. The number of hydrogen-bond acceptors (Lipinski definition) is 4. The highest BCUT2D eigenvalue weighted by Gasteiger charge is 2.18. The fourth-order valence-electron chi connectivity index (χ4n) is 2.14. The summed E-state index contributed by atoms with van der Waals surface area (Å²) >= 11 is 0. The molecule has 2 aromatic rings. The molecule has 1 aromatic heterocycles. The first-order chi connectivity index (χ1) is 9.69. The largest absolute Gasteiger partial charge is 0.497 e. The number of nitrogens with one attached hydrogen (secondary N) is 1. The van der Waals surface area contributed by atoms with Gasteiger partial charge in [-0.2, -0.15) is 0 Å². The van der Waals surface area contributed by atoms with Gasteiger partial charge in [0.05, 0.1) is 26.5 Å². The maximum atomic E-state index is 13.3. The van der Waals surface area contributed by atoms with Crippen molar-refractivity contribution in [3.63, 3.8) is 0 Å². The lowest BCUT2D eigenvalue weighted by Gasteiger charge is -2.20. The van der Waals surface area contributed by atoms with Crippen LogP contribution in [0.1, 0.15) is 17.2 Å². The number of nitrogens with zero attached hydrogens (tertiary/aromatic N) is 1. The maximum Gasteiger partial charge on any atom is 0.141 e. The number of ether oxygens (including phenoxy) is 2. The molecule has 2 rings (SSSR count). The van der Waals surface area contributed by atoms with Gasteiger partial charge in [-0.15, -0.1) is 0 Å². The Kier molecular flexibility index (Phi) is 4.53. The van der Waals surface area contributed by atoms with E-state index < -0.39 is 0 Å². The van der Waals surface area contributed by atoms with E-state index in [4.69, 9.17) is 9.47 Å². The summed E-state index contributed by atoms with van der Waals surface area (Å²) in [6, 6.07) is 6.78. The average molecular weight is 276 g/mol. The van der Waals surface area contributed by atoms with Gasteiger partial charge in [-0.3, -0.25) is 4.98 Å². The van der Waals surface area contributed by atoms with E-state index >= 15 is 0 Å². The first-order valence-corrected chi connectivity index (χ1v) is 6.19. The molecule has 0 amide bonds. The van der Waals surface area contributed by atoms with Crippen molar-refractivity contribution < 1.29 is 13.9 Å². The van der Waals surface area contributed by atoms with Gasteiger partial charge >= 0.3 is 0 Å². The molecule has 4 nitrogen and oxygen atoms in total. The standard InChI is InChI=1S/C15H17FN2O2/c1-17-15(10-6-11(16)9-18-8-10)13-5-4-12(19-2)7-14(13)20-3/h4-9,15,17H,1-3H3. The number of pyridine rings is 1. The minimum atomic E-state index is -0.366. The van der Waals surface area contributed by atoms with Gasteiger partial charge in [-0.05, 0) is 30.8 Å². The zero-order valence-electron chi connectivity index (χ0n) is 11.7. The van der Waals surface area contributed by atoms with Crippen molar-refractivity contribution in [1.82, 2.24) is 10.3 Å². The van der Waals surface area contributed by atoms with Crippen molar-refractivity contribution >= 4 is 0 Å². The Bertz CT molecular complexity index is 590. The number of methoxy groups -OCH3 is 2. The zero-order valence-corrected chi connectivity index (χ0v) is 11.7.